The largest absolute Gasteiger partial charge is 0.379 e. The third-order valence-corrected chi connectivity index (χ3v) is 9.07. The minimum Gasteiger partial charge on any atom is -0.379 e. The third kappa shape index (κ3) is 6.54. The summed E-state index contributed by atoms with van der Waals surface area (Å²) in [4.78, 5) is 22.2. The molecular formula is C27H31FN4O4S2. The van der Waals surface area contributed by atoms with Gasteiger partial charge in [0.05, 0.1) is 28.3 Å². The predicted octanol–water partition coefficient (Wildman–Crippen LogP) is 4.17. The summed E-state index contributed by atoms with van der Waals surface area (Å²) >= 11 is 1.25. The second kappa shape index (κ2) is 12.7. The summed E-state index contributed by atoms with van der Waals surface area (Å²) in [5.41, 5.74) is 0.947. The number of halogens is 1. The number of benzene rings is 2. The van der Waals surface area contributed by atoms with Gasteiger partial charge in [-0.05, 0) is 48.9 Å². The lowest BCUT2D eigenvalue weighted by Crippen LogP contribution is -2.39. The molecule has 3 aromatic rings. The summed E-state index contributed by atoms with van der Waals surface area (Å²) in [5.74, 6) is -0.666. The van der Waals surface area contributed by atoms with E-state index < -0.39 is 10.0 Å². The molecule has 0 bridgehead atoms. The van der Waals surface area contributed by atoms with E-state index in [1.165, 1.54) is 64.2 Å². The second-order valence-electron chi connectivity index (χ2n) is 8.80. The fourth-order valence-electron chi connectivity index (χ4n) is 4.20. The van der Waals surface area contributed by atoms with Crippen LogP contribution in [0, 0.1) is 5.82 Å². The molecule has 11 heteroatoms. The average Bonchev–Trinajstić information content (AvgIpc) is 3.34. The number of thiazole rings is 1. The maximum absolute atomic E-state index is 13.8. The highest BCUT2D eigenvalue weighted by Crippen LogP contribution is 2.31. The molecule has 0 radical (unpaired) electrons. The standard InChI is InChI=1S/C27H31FN4O4S2/c1-3-12-31(13-4-2)38(34,35)23-9-6-21(7-10-23)26(33)32(15-5-14-30-16-18-36-19-17-30)27-29-24-11-8-22(28)20-25(24)37-27/h3-4,6-11,20H,1-2,5,12-19H2. The number of anilines is 1. The van der Waals surface area contributed by atoms with Crippen LogP contribution in [0.5, 0.6) is 0 Å². The van der Waals surface area contributed by atoms with Gasteiger partial charge in [-0.15, -0.1) is 13.2 Å². The Morgan fingerprint density at radius 3 is 2.45 bits per heavy atom. The molecule has 202 valence electrons. The van der Waals surface area contributed by atoms with Gasteiger partial charge in [-0.2, -0.15) is 4.31 Å². The van der Waals surface area contributed by atoms with Crippen molar-refractivity contribution in [2.24, 2.45) is 0 Å². The van der Waals surface area contributed by atoms with Crippen LogP contribution >= 0.6 is 11.3 Å². The van der Waals surface area contributed by atoms with Gasteiger partial charge < -0.3 is 4.74 Å². The quantitative estimate of drug-likeness (QED) is 0.311. The van der Waals surface area contributed by atoms with Crippen molar-refractivity contribution < 1.29 is 22.3 Å². The van der Waals surface area contributed by atoms with E-state index in [1.807, 2.05) is 0 Å². The molecule has 0 atom stereocenters. The lowest BCUT2D eigenvalue weighted by Gasteiger charge is -2.27. The molecule has 1 amide bonds. The number of aromatic nitrogens is 1. The predicted molar refractivity (Wildman–Crippen MR) is 149 cm³/mol. The molecule has 0 aliphatic carbocycles. The van der Waals surface area contributed by atoms with E-state index in [0.717, 1.165) is 19.6 Å². The lowest BCUT2D eigenvalue weighted by atomic mass is 10.2. The molecule has 4 rings (SSSR count). The molecule has 1 fully saturated rings. The Kier molecular flexibility index (Phi) is 9.40. The van der Waals surface area contributed by atoms with Gasteiger partial charge in [0.15, 0.2) is 5.13 Å². The van der Waals surface area contributed by atoms with Crippen molar-refractivity contribution in [2.45, 2.75) is 11.3 Å². The Morgan fingerprint density at radius 2 is 1.79 bits per heavy atom. The zero-order valence-corrected chi connectivity index (χ0v) is 22.7. The zero-order chi connectivity index (χ0) is 27.1. The Morgan fingerprint density at radius 1 is 1.11 bits per heavy atom. The minimum absolute atomic E-state index is 0.0760. The first-order chi connectivity index (χ1) is 18.3. The van der Waals surface area contributed by atoms with Crippen LogP contribution < -0.4 is 4.90 Å². The van der Waals surface area contributed by atoms with E-state index in [4.69, 9.17) is 4.74 Å². The fraction of sp³-hybridized carbons (Fsp3) is 0.333. The summed E-state index contributed by atoms with van der Waals surface area (Å²) in [6, 6.07) is 10.2. The minimum atomic E-state index is -3.78. The summed E-state index contributed by atoms with van der Waals surface area (Å²) in [7, 11) is -3.78. The number of amides is 1. The summed E-state index contributed by atoms with van der Waals surface area (Å²) in [6.07, 6.45) is 3.73. The van der Waals surface area contributed by atoms with Crippen LogP contribution in [-0.2, 0) is 14.8 Å². The first-order valence-corrected chi connectivity index (χ1v) is 14.6. The molecule has 1 saturated heterocycles. The zero-order valence-electron chi connectivity index (χ0n) is 21.1. The summed E-state index contributed by atoms with van der Waals surface area (Å²) < 4.78 is 47.2. The number of nitrogens with zero attached hydrogens (tertiary/aromatic N) is 4. The van der Waals surface area contributed by atoms with Crippen LogP contribution in [-0.4, -0.2) is 81.0 Å². The van der Waals surface area contributed by atoms with E-state index in [0.29, 0.717) is 47.1 Å². The SMILES string of the molecule is C=CCN(CC=C)S(=O)(=O)c1ccc(C(=O)N(CCCN2CCOCC2)c2nc3ccc(F)cc3s2)cc1. The highest BCUT2D eigenvalue weighted by atomic mass is 32.2. The molecule has 1 aromatic heterocycles. The molecule has 0 saturated carbocycles. The molecule has 2 heterocycles. The monoisotopic (exact) mass is 558 g/mol. The Labute approximate surface area is 226 Å². The van der Waals surface area contributed by atoms with Crippen molar-refractivity contribution in [1.29, 1.82) is 0 Å². The van der Waals surface area contributed by atoms with Gasteiger partial charge in [0.2, 0.25) is 10.0 Å². The van der Waals surface area contributed by atoms with Gasteiger partial charge >= 0.3 is 0 Å². The van der Waals surface area contributed by atoms with Crippen molar-refractivity contribution in [1.82, 2.24) is 14.2 Å². The molecule has 1 aliphatic rings. The van der Waals surface area contributed by atoms with Crippen LogP contribution in [0.4, 0.5) is 9.52 Å². The number of carbonyl (C=O) groups excluding carboxylic acids is 1. The van der Waals surface area contributed by atoms with Crippen LogP contribution in [0.3, 0.4) is 0 Å². The van der Waals surface area contributed by atoms with Crippen molar-refractivity contribution in [2.75, 3.05) is 57.4 Å². The number of carbonyl (C=O) groups is 1. The van der Waals surface area contributed by atoms with Crippen LogP contribution in [0.25, 0.3) is 10.2 Å². The fourth-order valence-corrected chi connectivity index (χ4v) is 6.59. The number of sulfonamides is 1. The van der Waals surface area contributed by atoms with E-state index in [1.54, 1.807) is 11.0 Å². The third-order valence-electron chi connectivity index (χ3n) is 6.18. The first kappa shape index (κ1) is 28.1. The number of ether oxygens (including phenoxy) is 1. The Balaban J connectivity index is 1.58. The molecule has 8 nitrogen and oxygen atoms in total. The molecular weight excluding hydrogens is 527 g/mol. The van der Waals surface area contributed by atoms with Gasteiger partial charge in [-0.25, -0.2) is 17.8 Å². The summed E-state index contributed by atoms with van der Waals surface area (Å²) in [6.45, 7) is 11.8. The maximum atomic E-state index is 13.8. The highest BCUT2D eigenvalue weighted by Gasteiger charge is 2.25. The number of fused-ring (bicyclic) bond motifs is 1. The number of rotatable bonds is 12. The van der Waals surface area contributed by atoms with E-state index >= 15 is 0 Å². The number of morpholine rings is 1. The van der Waals surface area contributed by atoms with E-state index in [9.17, 15) is 17.6 Å². The molecule has 0 spiro atoms. The average molecular weight is 559 g/mol. The molecule has 2 aromatic carbocycles. The van der Waals surface area contributed by atoms with Crippen molar-refractivity contribution in [3.8, 4) is 0 Å². The van der Waals surface area contributed by atoms with Crippen molar-refractivity contribution in [3.63, 3.8) is 0 Å². The van der Waals surface area contributed by atoms with Crippen molar-refractivity contribution >= 4 is 42.6 Å². The van der Waals surface area contributed by atoms with E-state index in [-0.39, 0.29) is 29.7 Å². The molecule has 0 unspecified atom stereocenters. The molecule has 38 heavy (non-hydrogen) atoms. The van der Waals surface area contributed by atoms with Gasteiger partial charge in [0, 0.05) is 44.8 Å². The first-order valence-electron chi connectivity index (χ1n) is 12.3. The lowest BCUT2D eigenvalue weighted by molar-refractivity contribution is 0.0376. The summed E-state index contributed by atoms with van der Waals surface area (Å²) in [5, 5.41) is 0.470. The van der Waals surface area contributed by atoms with Gasteiger partial charge in [-0.3, -0.25) is 14.6 Å². The van der Waals surface area contributed by atoms with Crippen molar-refractivity contribution in [3.05, 3.63) is 79.2 Å². The van der Waals surface area contributed by atoms with E-state index in [2.05, 4.69) is 23.0 Å². The topological polar surface area (TPSA) is 83.1 Å². The molecule has 1 aliphatic heterocycles. The van der Waals surface area contributed by atoms with Gasteiger partial charge in [-0.1, -0.05) is 23.5 Å². The number of hydrogen-bond acceptors (Lipinski definition) is 7. The Hall–Kier alpha value is -2.96. The van der Waals surface area contributed by atoms with Crippen LogP contribution in [0.15, 0.2) is 72.7 Å². The molecule has 0 N–H and O–H groups in total. The second-order valence-corrected chi connectivity index (χ2v) is 11.7. The normalized spacial score (nSPS) is 14.6. The smallest absolute Gasteiger partial charge is 0.260 e. The van der Waals surface area contributed by atoms with Crippen LogP contribution in [0.1, 0.15) is 16.8 Å². The van der Waals surface area contributed by atoms with Gasteiger partial charge in [0.1, 0.15) is 5.82 Å². The Bertz CT molecular complexity index is 1380. The number of hydrogen-bond donors (Lipinski definition) is 0. The highest BCUT2D eigenvalue weighted by molar-refractivity contribution is 7.89. The van der Waals surface area contributed by atoms with Crippen LogP contribution in [0.2, 0.25) is 0 Å². The van der Waals surface area contributed by atoms with Gasteiger partial charge in [0.25, 0.3) is 5.91 Å². The maximum Gasteiger partial charge on any atom is 0.260 e.